The molecule has 0 aliphatic carbocycles. The minimum Gasteiger partial charge on any atom is -0.103 e. The Hall–Kier alpha value is -0.520. The zero-order valence-electron chi connectivity index (χ0n) is 9.90. The normalized spacial score (nSPS) is 9.85. The highest BCUT2D eigenvalue weighted by Gasteiger charge is 1.99. The van der Waals surface area contributed by atoms with E-state index in [1.807, 2.05) is 12.2 Å². The molecule has 0 aromatic carbocycles. The van der Waals surface area contributed by atoms with E-state index in [0.29, 0.717) is 5.41 Å². The van der Waals surface area contributed by atoms with Crippen molar-refractivity contribution in [2.75, 3.05) is 0 Å². The van der Waals surface area contributed by atoms with Crippen LogP contribution in [0.15, 0.2) is 25.3 Å². The molecule has 0 spiro atoms. The van der Waals surface area contributed by atoms with Gasteiger partial charge in [0, 0.05) is 0 Å². The summed E-state index contributed by atoms with van der Waals surface area (Å²) in [4.78, 5) is 0. The molecule has 0 aliphatic heterocycles. The molecule has 0 aromatic rings. The van der Waals surface area contributed by atoms with Crippen molar-refractivity contribution in [1.29, 1.82) is 0 Å². The summed E-state index contributed by atoms with van der Waals surface area (Å²) in [6.45, 7) is 15.9. The predicted octanol–water partition coefficient (Wildman–Crippen LogP) is 4.97. The van der Waals surface area contributed by atoms with Crippen LogP contribution < -0.4 is 0 Å². The van der Waals surface area contributed by atoms with E-state index in [4.69, 9.17) is 0 Å². The van der Waals surface area contributed by atoms with Crippen molar-refractivity contribution in [3.05, 3.63) is 25.3 Å². The summed E-state index contributed by atoms with van der Waals surface area (Å²) < 4.78 is 0. The first kappa shape index (κ1) is 15.0. The highest BCUT2D eigenvalue weighted by Crippen LogP contribution is 2.11. The minimum absolute atomic E-state index is 0.306. The van der Waals surface area contributed by atoms with Crippen LogP contribution in [0.3, 0.4) is 0 Å². The molecule has 78 valence electrons. The maximum atomic E-state index is 3.63. The summed E-state index contributed by atoms with van der Waals surface area (Å²) >= 11 is 0. The molecular weight excluding hydrogens is 156 g/mol. The first-order valence-electron chi connectivity index (χ1n) is 5.22. The average Bonchev–Trinajstić information content (AvgIpc) is 2.06. The topological polar surface area (TPSA) is 0 Å². The van der Waals surface area contributed by atoms with Gasteiger partial charge in [0.25, 0.3) is 0 Å². The van der Waals surface area contributed by atoms with Gasteiger partial charge in [0.15, 0.2) is 0 Å². The van der Waals surface area contributed by atoms with Gasteiger partial charge in [-0.3, -0.25) is 0 Å². The Bertz CT molecular complexity index is 114. The SMILES string of the molecule is C=CC(C)(C)C.C=CCCCCC. The maximum absolute atomic E-state index is 3.63. The Kier molecular flexibility index (Phi) is 11.0. The van der Waals surface area contributed by atoms with Crippen molar-refractivity contribution >= 4 is 0 Å². The lowest BCUT2D eigenvalue weighted by atomic mass is 9.98. The van der Waals surface area contributed by atoms with Crippen LogP contribution in [0.5, 0.6) is 0 Å². The van der Waals surface area contributed by atoms with Crippen LogP contribution in [0.1, 0.15) is 53.4 Å². The average molecular weight is 182 g/mol. The molecule has 0 radical (unpaired) electrons. The second-order valence-electron chi connectivity index (χ2n) is 4.35. The fraction of sp³-hybridized carbons (Fsp3) is 0.692. The third kappa shape index (κ3) is 24.6. The molecule has 0 atom stereocenters. The molecule has 0 N–H and O–H groups in total. The molecular formula is C13H26. The van der Waals surface area contributed by atoms with Gasteiger partial charge in [-0.05, 0) is 18.3 Å². The number of hydrogen-bond donors (Lipinski definition) is 0. The molecule has 0 nitrogen and oxygen atoms in total. The molecule has 0 aliphatic rings. The lowest BCUT2D eigenvalue weighted by molar-refractivity contribution is 0.546. The Morgan fingerprint density at radius 3 is 1.77 bits per heavy atom. The van der Waals surface area contributed by atoms with Crippen molar-refractivity contribution in [3.63, 3.8) is 0 Å². The lowest BCUT2D eigenvalue weighted by Gasteiger charge is -2.08. The molecule has 0 heteroatoms. The predicted molar refractivity (Wildman–Crippen MR) is 64.0 cm³/mol. The first-order valence-corrected chi connectivity index (χ1v) is 5.22. The smallest absolute Gasteiger partial charge is 0.0206 e. The van der Waals surface area contributed by atoms with Crippen molar-refractivity contribution in [2.24, 2.45) is 5.41 Å². The van der Waals surface area contributed by atoms with Crippen LogP contribution in [0.4, 0.5) is 0 Å². The molecule has 0 heterocycles. The highest BCUT2D eigenvalue weighted by molar-refractivity contribution is 4.82. The van der Waals surface area contributed by atoms with Crippen molar-refractivity contribution in [1.82, 2.24) is 0 Å². The van der Waals surface area contributed by atoms with Gasteiger partial charge in [0.2, 0.25) is 0 Å². The maximum Gasteiger partial charge on any atom is -0.0206 e. The number of rotatable bonds is 4. The monoisotopic (exact) mass is 182 g/mol. The third-order valence-corrected chi connectivity index (χ3v) is 1.62. The fourth-order valence-corrected chi connectivity index (χ4v) is 0.539. The van der Waals surface area contributed by atoms with Crippen LogP contribution in [0.2, 0.25) is 0 Å². The van der Waals surface area contributed by atoms with E-state index >= 15 is 0 Å². The Morgan fingerprint density at radius 2 is 1.54 bits per heavy atom. The first-order chi connectivity index (χ1) is 5.97. The quantitative estimate of drug-likeness (QED) is 0.425. The molecule has 0 rings (SSSR count). The van der Waals surface area contributed by atoms with Crippen LogP contribution in [0, 0.1) is 5.41 Å². The number of allylic oxidation sites excluding steroid dienone is 2. The molecule has 0 amide bonds. The zero-order valence-corrected chi connectivity index (χ0v) is 9.90. The van der Waals surface area contributed by atoms with E-state index in [-0.39, 0.29) is 0 Å². The lowest BCUT2D eigenvalue weighted by Crippen LogP contribution is -1.96. The second kappa shape index (κ2) is 9.57. The molecule has 0 saturated heterocycles. The fourth-order valence-electron chi connectivity index (χ4n) is 0.539. The molecule has 0 bridgehead atoms. The van der Waals surface area contributed by atoms with Gasteiger partial charge < -0.3 is 0 Å². The van der Waals surface area contributed by atoms with Crippen molar-refractivity contribution < 1.29 is 0 Å². The van der Waals surface area contributed by atoms with Crippen LogP contribution in [-0.4, -0.2) is 0 Å². The van der Waals surface area contributed by atoms with Crippen LogP contribution in [0.25, 0.3) is 0 Å². The van der Waals surface area contributed by atoms with E-state index in [1.54, 1.807) is 0 Å². The minimum atomic E-state index is 0.306. The van der Waals surface area contributed by atoms with E-state index < -0.39 is 0 Å². The van der Waals surface area contributed by atoms with Gasteiger partial charge in [0.1, 0.15) is 0 Å². The Labute approximate surface area is 84.7 Å². The summed E-state index contributed by atoms with van der Waals surface area (Å²) in [7, 11) is 0. The van der Waals surface area contributed by atoms with Gasteiger partial charge in [0.05, 0.1) is 0 Å². The van der Waals surface area contributed by atoms with Gasteiger partial charge in [-0.2, -0.15) is 0 Å². The molecule has 13 heavy (non-hydrogen) atoms. The molecule has 0 saturated carbocycles. The second-order valence-corrected chi connectivity index (χ2v) is 4.35. The van der Waals surface area contributed by atoms with Gasteiger partial charge >= 0.3 is 0 Å². The van der Waals surface area contributed by atoms with Gasteiger partial charge in [-0.15, -0.1) is 13.2 Å². The number of hydrogen-bond acceptors (Lipinski definition) is 0. The van der Waals surface area contributed by atoms with Gasteiger partial charge in [-0.25, -0.2) is 0 Å². The standard InChI is InChI=1S/C7H14.C6H12/c1-3-5-7-6-4-2;1-5-6(2,3)4/h3H,1,4-7H2,2H3;5H,1H2,2-4H3. The van der Waals surface area contributed by atoms with E-state index in [0.717, 1.165) is 0 Å². The summed E-state index contributed by atoms with van der Waals surface area (Å²) in [5, 5.41) is 0. The van der Waals surface area contributed by atoms with E-state index in [2.05, 4.69) is 40.9 Å². The van der Waals surface area contributed by atoms with Crippen LogP contribution >= 0.6 is 0 Å². The molecule has 0 aromatic heterocycles. The van der Waals surface area contributed by atoms with Gasteiger partial charge in [-0.1, -0.05) is 52.7 Å². The highest BCUT2D eigenvalue weighted by atomic mass is 14.0. The molecule has 0 unspecified atom stereocenters. The zero-order chi connectivity index (χ0) is 10.7. The summed E-state index contributed by atoms with van der Waals surface area (Å²) in [5.74, 6) is 0. The molecule has 0 fully saturated rings. The van der Waals surface area contributed by atoms with Crippen molar-refractivity contribution in [2.45, 2.75) is 53.4 Å². The summed E-state index contributed by atoms with van der Waals surface area (Å²) in [6, 6.07) is 0. The number of unbranched alkanes of at least 4 members (excludes halogenated alkanes) is 3. The Balaban J connectivity index is 0. The third-order valence-electron chi connectivity index (χ3n) is 1.62. The van der Waals surface area contributed by atoms with Crippen molar-refractivity contribution in [3.8, 4) is 0 Å². The van der Waals surface area contributed by atoms with E-state index in [1.165, 1.54) is 25.7 Å². The summed E-state index contributed by atoms with van der Waals surface area (Å²) in [6.07, 6.45) is 9.09. The van der Waals surface area contributed by atoms with E-state index in [9.17, 15) is 0 Å². The largest absolute Gasteiger partial charge is 0.103 e. The Morgan fingerprint density at radius 1 is 1.08 bits per heavy atom. The summed E-state index contributed by atoms with van der Waals surface area (Å²) in [5.41, 5.74) is 0.306. The van der Waals surface area contributed by atoms with Crippen LogP contribution in [-0.2, 0) is 0 Å².